The van der Waals surface area contributed by atoms with Crippen LogP contribution in [-0.2, 0) is 0 Å². The van der Waals surface area contributed by atoms with Crippen molar-refractivity contribution in [3.8, 4) is 0 Å². The SMILES string of the molecule is CC1=C(C)C([Si](C)(C)C2C(C(C)C)=CC3=C2C=CC=CC3c2ccccc2)C(C)=C1C. The minimum atomic E-state index is -1.75. The molecule has 0 bridgehead atoms. The van der Waals surface area contributed by atoms with Crippen molar-refractivity contribution in [2.45, 2.75) is 71.6 Å². The minimum Gasteiger partial charge on any atom is -0.0726 e. The molecule has 0 aliphatic heterocycles. The Labute approximate surface area is 190 Å². The summed E-state index contributed by atoms with van der Waals surface area (Å²) in [5, 5.41) is 0. The first-order valence-corrected chi connectivity index (χ1v) is 15.0. The molecule has 3 aliphatic carbocycles. The highest BCUT2D eigenvalue weighted by Crippen LogP contribution is 2.58. The highest BCUT2D eigenvalue weighted by atomic mass is 28.3. The van der Waals surface area contributed by atoms with Gasteiger partial charge in [-0.2, -0.15) is 0 Å². The summed E-state index contributed by atoms with van der Waals surface area (Å²) in [6.45, 7) is 19.5. The van der Waals surface area contributed by atoms with Crippen molar-refractivity contribution in [2.24, 2.45) is 5.92 Å². The maximum absolute atomic E-state index is 2.65. The zero-order chi connectivity index (χ0) is 22.5. The molecule has 2 atom stereocenters. The highest BCUT2D eigenvalue weighted by molar-refractivity contribution is 6.83. The van der Waals surface area contributed by atoms with Crippen molar-refractivity contribution in [2.75, 3.05) is 0 Å². The molecule has 0 amide bonds. The molecule has 0 aromatic heterocycles. The molecular weight excluding hydrogens is 388 g/mol. The van der Waals surface area contributed by atoms with Crippen LogP contribution in [0.1, 0.15) is 53.0 Å². The van der Waals surface area contributed by atoms with Crippen LogP contribution in [0.3, 0.4) is 0 Å². The fraction of sp³-hybridized carbons (Fsp3) is 0.400. The van der Waals surface area contributed by atoms with Gasteiger partial charge in [0.1, 0.15) is 0 Å². The van der Waals surface area contributed by atoms with E-state index in [2.05, 4.69) is 115 Å². The first-order chi connectivity index (χ1) is 14.7. The smallest absolute Gasteiger partial charge is 0.0717 e. The lowest BCUT2D eigenvalue weighted by Crippen LogP contribution is -2.40. The number of allylic oxidation sites excluding steroid dienone is 12. The first kappa shape index (κ1) is 22.1. The summed E-state index contributed by atoms with van der Waals surface area (Å²) >= 11 is 0. The van der Waals surface area contributed by atoms with E-state index in [0.29, 0.717) is 22.9 Å². The van der Waals surface area contributed by atoms with E-state index >= 15 is 0 Å². The second kappa shape index (κ2) is 8.09. The molecule has 0 heterocycles. The Morgan fingerprint density at radius 3 is 1.97 bits per heavy atom. The molecule has 3 aliphatic rings. The summed E-state index contributed by atoms with van der Waals surface area (Å²) in [4.78, 5) is 0. The number of benzene rings is 1. The van der Waals surface area contributed by atoms with Crippen LogP contribution in [-0.4, -0.2) is 8.07 Å². The van der Waals surface area contributed by atoms with Crippen LogP contribution in [0.25, 0.3) is 0 Å². The average Bonchev–Trinajstić information content (AvgIpc) is 3.12. The van der Waals surface area contributed by atoms with Gasteiger partial charge in [0.15, 0.2) is 0 Å². The first-order valence-electron chi connectivity index (χ1n) is 11.9. The molecule has 4 rings (SSSR count). The largest absolute Gasteiger partial charge is 0.0726 e. The number of hydrogen-bond acceptors (Lipinski definition) is 0. The second-order valence-corrected chi connectivity index (χ2v) is 15.4. The number of rotatable bonds is 4. The highest BCUT2D eigenvalue weighted by Gasteiger charge is 2.49. The van der Waals surface area contributed by atoms with Crippen molar-refractivity contribution in [3.05, 3.63) is 105 Å². The third-order valence-electron chi connectivity index (χ3n) is 8.25. The molecule has 0 spiro atoms. The molecule has 1 aromatic rings. The lowest BCUT2D eigenvalue weighted by molar-refractivity contribution is 0.736. The normalized spacial score (nSPS) is 24.5. The van der Waals surface area contributed by atoms with Gasteiger partial charge >= 0.3 is 0 Å². The zero-order valence-electron chi connectivity index (χ0n) is 20.6. The maximum atomic E-state index is 2.65. The molecule has 162 valence electrons. The van der Waals surface area contributed by atoms with Crippen molar-refractivity contribution >= 4 is 8.07 Å². The van der Waals surface area contributed by atoms with Crippen LogP contribution in [0.5, 0.6) is 0 Å². The molecular formula is C30H38Si. The lowest BCUT2D eigenvalue weighted by atomic mass is 9.89. The standard InChI is InChI=1S/C30H38Si/c1-19(2)27-18-28-25(24-14-10-9-11-15-24)16-12-13-17-26(28)30(27)31(7,8)29-22(5)20(3)21(4)23(29)6/h9-19,25,29-30H,1-8H3. The summed E-state index contributed by atoms with van der Waals surface area (Å²) in [5.41, 5.74) is 13.7. The summed E-state index contributed by atoms with van der Waals surface area (Å²) in [5.74, 6) is 0.907. The van der Waals surface area contributed by atoms with Gasteiger partial charge < -0.3 is 0 Å². The van der Waals surface area contributed by atoms with Gasteiger partial charge in [-0.15, -0.1) is 0 Å². The Kier molecular flexibility index (Phi) is 5.77. The van der Waals surface area contributed by atoms with Crippen LogP contribution in [0.2, 0.25) is 24.2 Å². The Morgan fingerprint density at radius 1 is 0.774 bits per heavy atom. The van der Waals surface area contributed by atoms with Crippen LogP contribution in [0.4, 0.5) is 0 Å². The third kappa shape index (κ3) is 3.51. The van der Waals surface area contributed by atoms with Gasteiger partial charge in [0, 0.05) is 11.5 Å². The predicted octanol–water partition coefficient (Wildman–Crippen LogP) is 8.92. The molecule has 0 fully saturated rings. The molecule has 2 unspecified atom stereocenters. The second-order valence-electron chi connectivity index (χ2n) is 10.6. The van der Waals surface area contributed by atoms with Crippen molar-refractivity contribution < 1.29 is 0 Å². The monoisotopic (exact) mass is 426 g/mol. The summed E-state index contributed by atoms with van der Waals surface area (Å²) in [7, 11) is -1.75. The Bertz CT molecular complexity index is 1040. The third-order valence-corrected chi connectivity index (χ3v) is 12.7. The Morgan fingerprint density at radius 2 is 1.39 bits per heavy atom. The van der Waals surface area contributed by atoms with Crippen molar-refractivity contribution in [1.29, 1.82) is 0 Å². The fourth-order valence-corrected chi connectivity index (χ4v) is 11.8. The van der Waals surface area contributed by atoms with Gasteiger partial charge in [-0.25, -0.2) is 0 Å². The van der Waals surface area contributed by atoms with Gasteiger partial charge in [-0.05, 0) is 67.0 Å². The zero-order valence-corrected chi connectivity index (χ0v) is 21.6. The maximum Gasteiger partial charge on any atom is 0.0717 e. The average molecular weight is 427 g/mol. The molecule has 1 heteroatoms. The predicted molar refractivity (Wildman–Crippen MR) is 139 cm³/mol. The summed E-state index contributed by atoms with van der Waals surface area (Å²) in [6.07, 6.45) is 11.9. The molecule has 0 saturated heterocycles. The van der Waals surface area contributed by atoms with Gasteiger partial charge in [0.05, 0.1) is 8.07 Å². The van der Waals surface area contributed by atoms with E-state index in [1.165, 1.54) is 22.3 Å². The van der Waals surface area contributed by atoms with Crippen LogP contribution in [0, 0.1) is 5.92 Å². The summed E-state index contributed by atoms with van der Waals surface area (Å²) in [6, 6.07) is 11.0. The Hall–Kier alpha value is -2.12. The van der Waals surface area contributed by atoms with E-state index in [-0.39, 0.29) is 0 Å². The van der Waals surface area contributed by atoms with Gasteiger partial charge in [-0.3, -0.25) is 0 Å². The lowest BCUT2D eigenvalue weighted by Gasteiger charge is -2.41. The van der Waals surface area contributed by atoms with E-state index in [9.17, 15) is 0 Å². The van der Waals surface area contributed by atoms with E-state index < -0.39 is 8.07 Å². The molecule has 0 N–H and O–H groups in total. The fourth-order valence-electron chi connectivity index (χ4n) is 6.51. The van der Waals surface area contributed by atoms with E-state index in [4.69, 9.17) is 0 Å². The van der Waals surface area contributed by atoms with E-state index in [1.54, 1.807) is 22.3 Å². The number of hydrogen-bond donors (Lipinski definition) is 0. The van der Waals surface area contributed by atoms with E-state index in [1.807, 2.05) is 0 Å². The molecule has 0 nitrogen and oxygen atoms in total. The van der Waals surface area contributed by atoms with Gasteiger partial charge in [-0.1, -0.05) is 104 Å². The van der Waals surface area contributed by atoms with Crippen LogP contribution in [0.15, 0.2) is 99.7 Å². The topological polar surface area (TPSA) is 0 Å². The molecule has 0 radical (unpaired) electrons. The van der Waals surface area contributed by atoms with E-state index in [0.717, 1.165) is 0 Å². The quantitative estimate of drug-likeness (QED) is 0.421. The van der Waals surface area contributed by atoms with Crippen LogP contribution >= 0.6 is 0 Å². The minimum absolute atomic E-state index is 0.343. The van der Waals surface area contributed by atoms with Crippen molar-refractivity contribution in [1.82, 2.24) is 0 Å². The Balaban J connectivity index is 1.88. The molecule has 1 aromatic carbocycles. The van der Waals surface area contributed by atoms with Gasteiger partial charge in [0.25, 0.3) is 0 Å². The summed E-state index contributed by atoms with van der Waals surface area (Å²) < 4.78 is 0. The molecule has 31 heavy (non-hydrogen) atoms. The van der Waals surface area contributed by atoms with Crippen molar-refractivity contribution in [3.63, 3.8) is 0 Å². The van der Waals surface area contributed by atoms with Crippen LogP contribution < -0.4 is 0 Å². The molecule has 0 saturated carbocycles. The van der Waals surface area contributed by atoms with Gasteiger partial charge in [0.2, 0.25) is 0 Å².